The predicted octanol–water partition coefficient (Wildman–Crippen LogP) is 2.74. The Hall–Kier alpha value is -2.59. The van der Waals surface area contributed by atoms with E-state index in [0.717, 1.165) is 16.2 Å². The Morgan fingerprint density at radius 2 is 1.36 bits per heavy atom. The van der Waals surface area contributed by atoms with Gasteiger partial charge in [0, 0.05) is 18.7 Å². The van der Waals surface area contributed by atoms with E-state index in [9.17, 15) is 38.0 Å². The van der Waals surface area contributed by atoms with Gasteiger partial charge in [-0.15, -0.1) is 0 Å². The van der Waals surface area contributed by atoms with E-state index in [1.54, 1.807) is 30.3 Å². The second kappa shape index (κ2) is 14.0. The highest BCUT2D eigenvalue weighted by Crippen LogP contribution is 2.68. The summed E-state index contributed by atoms with van der Waals surface area (Å²) in [5.74, 6) is 0. The van der Waals surface area contributed by atoms with Gasteiger partial charge in [0.05, 0.1) is 13.2 Å². The van der Waals surface area contributed by atoms with Crippen molar-refractivity contribution in [2.24, 2.45) is 0 Å². The number of aromatic amines is 1. The molecular formula is C25H29N2O15P3. The molecule has 244 valence electrons. The van der Waals surface area contributed by atoms with Crippen molar-refractivity contribution in [2.45, 2.75) is 50.3 Å². The number of aromatic nitrogens is 2. The van der Waals surface area contributed by atoms with Crippen molar-refractivity contribution in [1.82, 2.24) is 9.55 Å². The van der Waals surface area contributed by atoms with E-state index in [2.05, 4.69) is 18.1 Å². The molecule has 2 aromatic carbocycles. The van der Waals surface area contributed by atoms with Gasteiger partial charge in [-0.1, -0.05) is 60.7 Å². The molecule has 20 heteroatoms. The van der Waals surface area contributed by atoms with Gasteiger partial charge in [0.25, 0.3) is 5.56 Å². The Bertz CT molecular complexity index is 1720. The molecule has 45 heavy (non-hydrogen) atoms. The first-order chi connectivity index (χ1) is 21.3. The van der Waals surface area contributed by atoms with Crippen LogP contribution in [0.3, 0.4) is 0 Å². The molecule has 0 saturated carbocycles. The number of phosphoric acid groups is 3. The first-order valence-electron chi connectivity index (χ1n) is 13.3. The van der Waals surface area contributed by atoms with E-state index in [1.807, 2.05) is 30.3 Å². The van der Waals surface area contributed by atoms with Gasteiger partial charge in [-0.25, -0.2) is 18.5 Å². The van der Waals surface area contributed by atoms with Crippen LogP contribution in [-0.2, 0) is 58.6 Å². The highest BCUT2D eigenvalue weighted by molar-refractivity contribution is 7.66. The fourth-order valence-electron chi connectivity index (χ4n) is 4.67. The number of aryl methyl sites for hydroxylation is 1. The molecular weight excluding hydrogens is 661 g/mol. The van der Waals surface area contributed by atoms with Crippen molar-refractivity contribution in [3.63, 3.8) is 0 Å². The summed E-state index contributed by atoms with van der Waals surface area (Å²) in [6, 6.07) is 18.6. The molecule has 0 spiro atoms. The van der Waals surface area contributed by atoms with Gasteiger partial charge >= 0.3 is 29.2 Å². The SMILES string of the molecule is O=c1ccn([C@@H]2O[C@H](COP(=O)(O)OP(=O)(O)OP(=O)(O)OCc3ccccc3)[C@@H]3OC(CCc4ccccc4)OC32)c(=O)[nH]1. The fourth-order valence-corrected chi connectivity index (χ4v) is 8.17. The van der Waals surface area contributed by atoms with Crippen LogP contribution in [0.25, 0.3) is 0 Å². The second-order valence-corrected chi connectivity index (χ2v) is 14.5. The zero-order valence-corrected chi connectivity index (χ0v) is 25.9. The third-order valence-electron chi connectivity index (χ3n) is 6.59. The van der Waals surface area contributed by atoms with Crippen molar-refractivity contribution in [3.05, 3.63) is 105 Å². The number of H-pyrrole nitrogens is 1. The van der Waals surface area contributed by atoms with Crippen LogP contribution in [0.1, 0.15) is 23.8 Å². The van der Waals surface area contributed by atoms with Crippen molar-refractivity contribution < 1.29 is 60.3 Å². The number of rotatable bonds is 14. The van der Waals surface area contributed by atoms with E-state index >= 15 is 0 Å². The maximum absolute atomic E-state index is 12.6. The summed E-state index contributed by atoms with van der Waals surface area (Å²) in [4.78, 5) is 56.0. The zero-order valence-electron chi connectivity index (χ0n) is 23.2. The summed E-state index contributed by atoms with van der Waals surface area (Å²) >= 11 is 0. The molecule has 3 aromatic rings. The normalized spacial score (nSPS) is 26.9. The Labute approximate surface area is 255 Å². The summed E-state index contributed by atoms with van der Waals surface area (Å²) in [6.07, 6.45) is -2.87. The molecule has 2 aliphatic rings. The van der Waals surface area contributed by atoms with Gasteiger partial charge in [0.15, 0.2) is 12.5 Å². The molecule has 2 aliphatic heterocycles. The number of nitrogens with one attached hydrogen (secondary N) is 1. The molecule has 2 saturated heterocycles. The summed E-state index contributed by atoms with van der Waals surface area (Å²) < 4.78 is 73.7. The van der Waals surface area contributed by atoms with E-state index in [1.165, 1.54) is 6.20 Å². The number of benzene rings is 2. The van der Waals surface area contributed by atoms with Gasteiger partial charge in [0.1, 0.15) is 18.3 Å². The molecule has 4 N–H and O–H groups in total. The Morgan fingerprint density at radius 3 is 2.00 bits per heavy atom. The minimum Gasteiger partial charge on any atom is -0.346 e. The highest BCUT2D eigenvalue weighted by atomic mass is 31.3. The van der Waals surface area contributed by atoms with Crippen molar-refractivity contribution >= 4 is 23.5 Å². The van der Waals surface area contributed by atoms with E-state index in [4.69, 9.17) is 18.7 Å². The monoisotopic (exact) mass is 690 g/mol. The number of hydrogen-bond donors (Lipinski definition) is 4. The molecule has 5 unspecified atom stereocenters. The van der Waals surface area contributed by atoms with Gasteiger partial charge in [-0.05, 0) is 17.5 Å². The molecule has 0 radical (unpaired) electrons. The molecule has 0 bridgehead atoms. The molecule has 1 aromatic heterocycles. The molecule has 3 heterocycles. The lowest BCUT2D eigenvalue weighted by atomic mass is 10.1. The summed E-state index contributed by atoms with van der Waals surface area (Å²) in [5, 5.41) is 0. The van der Waals surface area contributed by atoms with E-state index in [-0.39, 0.29) is 0 Å². The minimum absolute atomic E-state index is 0.401. The van der Waals surface area contributed by atoms with E-state index in [0.29, 0.717) is 18.4 Å². The quantitative estimate of drug-likeness (QED) is 0.178. The lowest BCUT2D eigenvalue weighted by Gasteiger charge is -2.22. The van der Waals surface area contributed by atoms with Crippen LogP contribution >= 0.6 is 23.5 Å². The molecule has 17 nitrogen and oxygen atoms in total. The van der Waals surface area contributed by atoms with E-state index < -0.39 is 78.8 Å². The number of phosphoric ester groups is 2. The summed E-state index contributed by atoms with van der Waals surface area (Å²) in [5.41, 5.74) is -0.0281. The third-order valence-corrected chi connectivity index (χ3v) is 10.8. The second-order valence-electron chi connectivity index (χ2n) is 9.86. The van der Waals surface area contributed by atoms with Crippen molar-refractivity contribution in [1.29, 1.82) is 0 Å². The first-order valence-corrected chi connectivity index (χ1v) is 17.8. The van der Waals surface area contributed by atoms with Gasteiger partial charge in [0.2, 0.25) is 0 Å². The Balaban J connectivity index is 1.23. The maximum atomic E-state index is 12.6. The largest absolute Gasteiger partial charge is 0.490 e. The molecule has 5 rings (SSSR count). The predicted molar refractivity (Wildman–Crippen MR) is 152 cm³/mol. The van der Waals surface area contributed by atoms with Crippen LogP contribution < -0.4 is 11.2 Å². The highest BCUT2D eigenvalue weighted by Gasteiger charge is 2.54. The van der Waals surface area contributed by atoms with Crippen LogP contribution in [0, 0.1) is 0 Å². The van der Waals surface area contributed by atoms with Crippen LogP contribution in [0.4, 0.5) is 0 Å². The number of hydrogen-bond acceptors (Lipinski definition) is 12. The Morgan fingerprint density at radius 1 is 0.756 bits per heavy atom. The third kappa shape index (κ3) is 9.24. The van der Waals surface area contributed by atoms with Crippen LogP contribution in [0.2, 0.25) is 0 Å². The smallest absolute Gasteiger partial charge is 0.346 e. The lowest BCUT2D eigenvalue weighted by molar-refractivity contribution is -0.153. The van der Waals surface area contributed by atoms with Crippen LogP contribution in [0.15, 0.2) is 82.5 Å². The maximum Gasteiger partial charge on any atom is 0.490 e. The van der Waals surface area contributed by atoms with Gasteiger partial charge in [-0.3, -0.25) is 23.4 Å². The van der Waals surface area contributed by atoms with Crippen molar-refractivity contribution in [2.75, 3.05) is 6.61 Å². The molecule has 2 fully saturated rings. The Kier molecular flexibility index (Phi) is 10.5. The standard InChI is InChI=1S/C25H29N2O15P3/c28-20-13-14-27(25(29)26-20)24-23-22(39-21(40-23)12-11-17-7-3-1-4-8-17)19(38-24)16-37-44(32,33)42-45(34,35)41-43(30,31)36-15-18-9-5-2-6-10-18/h1-10,13-14,19,21-24H,11-12,15-16H2,(H,30,31)(H,32,33)(H,34,35)(H,26,28,29)/t19-,21?,22+,23?,24-/m1/s1. The van der Waals surface area contributed by atoms with Crippen molar-refractivity contribution in [3.8, 4) is 0 Å². The average Bonchev–Trinajstić information content (AvgIpc) is 3.53. The van der Waals surface area contributed by atoms with Gasteiger partial charge in [-0.2, -0.15) is 8.62 Å². The molecule has 0 amide bonds. The fraction of sp³-hybridized carbons (Fsp3) is 0.360. The zero-order chi connectivity index (χ0) is 32.2. The number of fused-ring (bicyclic) bond motifs is 1. The topological polar surface area (TPSA) is 231 Å². The summed E-state index contributed by atoms with van der Waals surface area (Å²) in [6.45, 7) is -1.28. The first kappa shape index (κ1) is 33.8. The van der Waals surface area contributed by atoms with Crippen LogP contribution in [0.5, 0.6) is 0 Å². The number of ether oxygens (including phenoxy) is 3. The van der Waals surface area contributed by atoms with Crippen LogP contribution in [-0.4, -0.2) is 55.4 Å². The summed E-state index contributed by atoms with van der Waals surface area (Å²) in [7, 11) is -16.4. The number of nitrogens with zero attached hydrogens (tertiary/aromatic N) is 1. The van der Waals surface area contributed by atoms with Gasteiger partial charge < -0.3 is 28.9 Å². The average molecular weight is 690 g/mol. The molecule has 8 atom stereocenters. The molecule has 0 aliphatic carbocycles. The lowest BCUT2D eigenvalue weighted by Crippen LogP contribution is -2.36. The minimum atomic E-state index is -5.71.